The lowest BCUT2D eigenvalue weighted by Crippen LogP contribution is -2.27. The van der Waals surface area contributed by atoms with Crippen LogP contribution in [-0.4, -0.2) is 23.3 Å². The Hall–Kier alpha value is -3.73. The minimum absolute atomic E-state index is 0.00713. The first kappa shape index (κ1) is 18.1. The van der Waals surface area contributed by atoms with Crippen LogP contribution in [0.3, 0.4) is 0 Å². The number of carbonyl (C=O) groups excluding carboxylic acids is 2. The number of hydrogen-bond donors (Lipinski definition) is 0. The zero-order valence-corrected chi connectivity index (χ0v) is 14.4. The van der Waals surface area contributed by atoms with Crippen LogP contribution in [-0.2, 0) is 9.59 Å². The average Bonchev–Trinajstić information content (AvgIpc) is 3.05. The summed E-state index contributed by atoms with van der Waals surface area (Å²) in [7, 11) is 0. The van der Waals surface area contributed by atoms with Gasteiger partial charge in [-0.05, 0) is 37.3 Å². The second kappa shape index (κ2) is 7.25. The van der Waals surface area contributed by atoms with Crippen LogP contribution in [0.15, 0.2) is 42.5 Å². The number of nitro groups is 1. The minimum atomic E-state index is -0.674. The highest BCUT2D eigenvalue weighted by molar-refractivity contribution is 5.99. The van der Waals surface area contributed by atoms with Crippen molar-refractivity contribution in [2.75, 3.05) is 11.4 Å². The maximum absolute atomic E-state index is 12.5. The van der Waals surface area contributed by atoms with Gasteiger partial charge in [0.15, 0.2) is 0 Å². The Kier molecular flexibility index (Phi) is 4.86. The Balaban J connectivity index is 1.73. The van der Waals surface area contributed by atoms with E-state index in [1.54, 1.807) is 24.3 Å². The summed E-state index contributed by atoms with van der Waals surface area (Å²) in [6.45, 7) is 1.65. The molecular weight excluding hydrogens is 350 g/mol. The third kappa shape index (κ3) is 3.62. The number of hydrogen-bond acceptors (Lipinski definition) is 6. The van der Waals surface area contributed by atoms with E-state index in [-0.39, 0.29) is 35.9 Å². The number of nitro benzene ring substituents is 1. The first-order valence-corrected chi connectivity index (χ1v) is 8.17. The highest BCUT2D eigenvalue weighted by Gasteiger charge is 2.36. The molecule has 2 aromatic rings. The summed E-state index contributed by atoms with van der Waals surface area (Å²) >= 11 is 0. The van der Waals surface area contributed by atoms with Crippen LogP contribution in [0, 0.1) is 34.3 Å². The molecule has 1 aliphatic rings. The van der Waals surface area contributed by atoms with Gasteiger partial charge in [-0.25, -0.2) is 0 Å². The van der Waals surface area contributed by atoms with Gasteiger partial charge in [-0.3, -0.25) is 19.7 Å². The fourth-order valence-corrected chi connectivity index (χ4v) is 2.93. The fraction of sp³-hybridized carbons (Fsp3) is 0.211. The quantitative estimate of drug-likeness (QED) is 0.356. The minimum Gasteiger partial charge on any atom is -0.426 e. The molecule has 136 valence electrons. The third-order valence-corrected chi connectivity index (χ3v) is 4.43. The Morgan fingerprint density at radius 1 is 1.30 bits per heavy atom. The van der Waals surface area contributed by atoms with Crippen molar-refractivity contribution in [3.63, 3.8) is 0 Å². The summed E-state index contributed by atoms with van der Waals surface area (Å²) in [5.74, 6) is -1.40. The van der Waals surface area contributed by atoms with Crippen LogP contribution in [0.4, 0.5) is 11.4 Å². The predicted molar refractivity (Wildman–Crippen MR) is 95.1 cm³/mol. The van der Waals surface area contributed by atoms with Gasteiger partial charge in [0.25, 0.3) is 5.69 Å². The Morgan fingerprint density at radius 2 is 2.00 bits per heavy atom. The molecule has 0 N–H and O–H groups in total. The summed E-state index contributed by atoms with van der Waals surface area (Å²) in [4.78, 5) is 36.6. The summed E-state index contributed by atoms with van der Waals surface area (Å²) in [6, 6.07) is 12.7. The monoisotopic (exact) mass is 365 g/mol. The molecule has 0 saturated carbocycles. The molecule has 1 amide bonds. The lowest BCUT2D eigenvalue weighted by molar-refractivity contribution is -0.385. The van der Waals surface area contributed by atoms with Crippen LogP contribution in [0.2, 0.25) is 0 Å². The summed E-state index contributed by atoms with van der Waals surface area (Å²) in [5.41, 5.74) is 1.19. The molecule has 0 radical (unpaired) electrons. The number of nitriles is 1. The van der Waals surface area contributed by atoms with E-state index in [9.17, 15) is 19.7 Å². The number of nitrogens with zero attached hydrogens (tertiary/aromatic N) is 3. The zero-order chi connectivity index (χ0) is 19.6. The highest BCUT2D eigenvalue weighted by atomic mass is 16.6. The molecule has 8 nitrogen and oxygen atoms in total. The van der Waals surface area contributed by atoms with E-state index in [1.807, 2.05) is 6.07 Å². The molecule has 1 heterocycles. The van der Waals surface area contributed by atoms with E-state index >= 15 is 0 Å². The number of amides is 1. The second-order valence-electron chi connectivity index (χ2n) is 6.14. The zero-order valence-electron chi connectivity index (χ0n) is 14.4. The standard InChI is InChI=1S/C19H15N3O5/c1-12-16(22(25)26)3-2-4-17(12)27-19(24)14-9-18(23)21(11-14)15-7-5-13(10-20)6-8-15/h2-8,14H,9,11H2,1H3. The smallest absolute Gasteiger partial charge is 0.316 e. The van der Waals surface area contributed by atoms with Gasteiger partial charge in [-0.15, -0.1) is 0 Å². The SMILES string of the molecule is Cc1c(OC(=O)C2CC(=O)N(c3ccc(C#N)cc3)C2)cccc1[N+](=O)[O-]. The molecule has 1 unspecified atom stereocenters. The van der Waals surface area contributed by atoms with E-state index in [0.717, 1.165) is 0 Å². The van der Waals surface area contributed by atoms with Crippen LogP contribution in [0.25, 0.3) is 0 Å². The number of esters is 1. The number of anilines is 1. The van der Waals surface area contributed by atoms with Gasteiger partial charge in [0.2, 0.25) is 5.91 Å². The molecule has 1 fully saturated rings. The van der Waals surface area contributed by atoms with Crippen LogP contribution < -0.4 is 9.64 Å². The normalized spacial score (nSPS) is 16.1. The van der Waals surface area contributed by atoms with Crippen molar-refractivity contribution in [2.45, 2.75) is 13.3 Å². The molecule has 0 aliphatic carbocycles. The average molecular weight is 365 g/mol. The molecule has 0 bridgehead atoms. The lowest BCUT2D eigenvalue weighted by Gasteiger charge is -2.16. The Morgan fingerprint density at radius 3 is 2.63 bits per heavy atom. The Labute approximate surface area is 154 Å². The predicted octanol–water partition coefficient (Wildman–Crippen LogP) is 2.73. The van der Waals surface area contributed by atoms with Crippen molar-refractivity contribution in [1.29, 1.82) is 5.26 Å². The number of ether oxygens (including phenoxy) is 1. The van der Waals surface area contributed by atoms with Gasteiger partial charge in [0, 0.05) is 24.7 Å². The van der Waals surface area contributed by atoms with Crippen molar-refractivity contribution in [3.8, 4) is 11.8 Å². The molecule has 1 atom stereocenters. The van der Waals surface area contributed by atoms with Gasteiger partial charge in [0.1, 0.15) is 5.75 Å². The molecule has 2 aromatic carbocycles. The molecule has 1 saturated heterocycles. The summed E-state index contributed by atoms with van der Waals surface area (Å²) in [6.07, 6.45) is -0.00713. The molecule has 3 rings (SSSR count). The van der Waals surface area contributed by atoms with Crippen molar-refractivity contribution >= 4 is 23.3 Å². The van der Waals surface area contributed by atoms with Gasteiger partial charge in [-0.1, -0.05) is 6.07 Å². The third-order valence-electron chi connectivity index (χ3n) is 4.43. The van der Waals surface area contributed by atoms with Gasteiger partial charge < -0.3 is 9.64 Å². The molecule has 8 heteroatoms. The number of rotatable bonds is 4. The van der Waals surface area contributed by atoms with E-state index in [4.69, 9.17) is 10.00 Å². The maximum atomic E-state index is 12.5. The topological polar surface area (TPSA) is 114 Å². The van der Waals surface area contributed by atoms with Crippen LogP contribution in [0.1, 0.15) is 17.5 Å². The van der Waals surface area contributed by atoms with Crippen molar-refractivity contribution in [3.05, 3.63) is 63.7 Å². The van der Waals surface area contributed by atoms with Crippen molar-refractivity contribution in [1.82, 2.24) is 0 Å². The highest BCUT2D eigenvalue weighted by Crippen LogP contribution is 2.30. The largest absolute Gasteiger partial charge is 0.426 e. The van der Waals surface area contributed by atoms with Crippen LogP contribution >= 0.6 is 0 Å². The second-order valence-corrected chi connectivity index (χ2v) is 6.14. The Bertz CT molecular complexity index is 962. The fourth-order valence-electron chi connectivity index (χ4n) is 2.93. The van der Waals surface area contributed by atoms with E-state index in [2.05, 4.69) is 0 Å². The summed E-state index contributed by atoms with van der Waals surface area (Å²) in [5, 5.41) is 19.8. The molecule has 1 aliphatic heterocycles. The van der Waals surface area contributed by atoms with Crippen LogP contribution in [0.5, 0.6) is 5.75 Å². The first-order chi connectivity index (χ1) is 12.9. The van der Waals surface area contributed by atoms with E-state index in [1.165, 1.54) is 30.0 Å². The first-order valence-electron chi connectivity index (χ1n) is 8.17. The molecule has 0 spiro atoms. The van der Waals surface area contributed by atoms with E-state index in [0.29, 0.717) is 11.3 Å². The van der Waals surface area contributed by atoms with Gasteiger partial charge in [0.05, 0.1) is 28.0 Å². The summed E-state index contributed by atoms with van der Waals surface area (Å²) < 4.78 is 5.32. The van der Waals surface area contributed by atoms with Gasteiger partial charge >= 0.3 is 5.97 Å². The molecule has 0 aromatic heterocycles. The van der Waals surface area contributed by atoms with Gasteiger partial charge in [-0.2, -0.15) is 5.26 Å². The van der Waals surface area contributed by atoms with E-state index < -0.39 is 16.8 Å². The van der Waals surface area contributed by atoms with Crippen molar-refractivity contribution < 1.29 is 19.2 Å². The molecular formula is C19H15N3O5. The van der Waals surface area contributed by atoms with Crippen molar-refractivity contribution in [2.24, 2.45) is 5.92 Å². The number of benzene rings is 2. The number of carbonyl (C=O) groups is 2. The lowest BCUT2D eigenvalue weighted by atomic mass is 10.1. The molecule has 27 heavy (non-hydrogen) atoms. The maximum Gasteiger partial charge on any atom is 0.316 e.